The zero-order valence-electron chi connectivity index (χ0n) is 8.91. The first-order valence-corrected chi connectivity index (χ1v) is 5.09. The Hall–Kier alpha value is -1.68. The van der Waals surface area contributed by atoms with Crippen LogP contribution in [-0.2, 0) is 0 Å². The first-order valence-electron chi connectivity index (χ1n) is 4.72. The van der Waals surface area contributed by atoms with Crippen molar-refractivity contribution >= 4 is 17.4 Å². The average molecular weight is 239 g/mol. The van der Waals surface area contributed by atoms with E-state index >= 15 is 0 Å². The van der Waals surface area contributed by atoms with Gasteiger partial charge in [0, 0.05) is 16.7 Å². The van der Waals surface area contributed by atoms with E-state index in [-0.39, 0.29) is 11.6 Å². The van der Waals surface area contributed by atoms with Gasteiger partial charge in [-0.05, 0) is 25.5 Å². The number of phenolic OH excluding ortho intramolecular Hbond substituents is 1. The molecule has 1 heterocycles. The van der Waals surface area contributed by atoms with Crippen molar-refractivity contribution in [3.63, 3.8) is 0 Å². The standard InChI is InChI=1S/C11H11ClN2O2/c1-5-3-7(12)6(2)11(15)10(5)8-4-9(13)14-16-8/h3-4,15H,1-2H3,(H2,13,14). The van der Waals surface area contributed by atoms with Crippen LogP contribution in [-0.4, -0.2) is 10.3 Å². The minimum Gasteiger partial charge on any atom is -0.507 e. The molecule has 0 unspecified atom stereocenters. The fourth-order valence-corrected chi connectivity index (χ4v) is 1.83. The topological polar surface area (TPSA) is 72.3 Å². The Labute approximate surface area is 97.6 Å². The lowest BCUT2D eigenvalue weighted by molar-refractivity contribution is 0.428. The monoisotopic (exact) mass is 238 g/mol. The molecule has 84 valence electrons. The molecule has 16 heavy (non-hydrogen) atoms. The van der Waals surface area contributed by atoms with Crippen molar-refractivity contribution in [2.24, 2.45) is 0 Å². The number of nitrogens with zero attached hydrogens (tertiary/aromatic N) is 1. The summed E-state index contributed by atoms with van der Waals surface area (Å²) >= 11 is 5.95. The van der Waals surface area contributed by atoms with E-state index in [1.165, 1.54) is 0 Å². The summed E-state index contributed by atoms with van der Waals surface area (Å²) in [7, 11) is 0. The molecular weight excluding hydrogens is 228 g/mol. The van der Waals surface area contributed by atoms with Gasteiger partial charge in [0.05, 0.1) is 5.56 Å². The third-order valence-corrected chi connectivity index (χ3v) is 2.86. The van der Waals surface area contributed by atoms with Gasteiger partial charge in [0.25, 0.3) is 0 Å². The predicted octanol–water partition coefficient (Wildman–Crippen LogP) is 2.90. The van der Waals surface area contributed by atoms with Gasteiger partial charge in [-0.25, -0.2) is 0 Å². The number of nitrogens with two attached hydrogens (primary N) is 1. The van der Waals surface area contributed by atoms with Crippen LogP contribution < -0.4 is 5.73 Å². The number of aromatic hydroxyl groups is 1. The highest BCUT2D eigenvalue weighted by Gasteiger charge is 2.16. The minimum atomic E-state index is 0.0983. The first-order chi connectivity index (χ1) is 7.50. The molecule has 2 rings (SSSR count). The van der Waals surface area contributed by atoms with Crippen LogP contribution in [0.15, 0.2) is 16.7 Å². The van der Waals surface area contributed by atoms with Gasteiger partial charge < -0.3 is 15.4 Å². The van der Waals surface area contributed by atoms with E-state index in [4.69, 9.17) is 21.9 Å². The number of hydrogen-bond donors (Lipinski definition) is 2. The van der Waals surface area contributed by atoms with Crippen LogP contribution in [0.25, 0.3) is 11.3 Å². The van der Waals surface area contributed by atoms with Crippen molar-refractivity contribution in [2.45, 2.75) is 13.8 Å². The number of aryl methyl sites for hydroxylation is 1. The number of benzene rings is 1. The van der Waals surface area contributed by atoms with Crippen LogP contribution in [0.1, 0.15) is 11.1 Å². The molecule has 1 aromatic heterocycles. The van der Waals surface area contributed by atoms with Gasteiger partial charge in [0.15, 0.2) is 11.6 Å². The Morgan fingerprint density at radius 3 is 2.62 bits per heavy atom. The molecule has 0 radical (unpaired) electrons. The molecule has 0 saturated carbocycles. The molecule has 0 bridgehead atoms. The van der Waals surface area contributed by atoms with Gasteiger partial charge in [-0.15, -0.1) is 0 Å². The Kier molecular flexibility index (Phi) is 2.52. The fraction of sp³-hybridized carbons (Fsp3) is 0.182. The van der Waals surface area contributed by atoms with Crippen molar-refractivity contribution in [1.29, 1.82) is 0 Å². The SMILES string of the molecule is Cc1cc(Cl)c(C)c(O)c1-c1cc(N)no1. The quantitative estimate of drug-likeness (QED) is 0.801. The van der Waals surface area contributed by atoms with Crippen molar-refractivity contribution in [1.82, 2.24) is 5.16 Å². The van der Waals surface area contributed by atoms with E-state index in [2.05, 4.69) is 5.16 Å². The first kappa shape index (κ1) is 10.8. The molecule has 3 N–H and O–H groups in total. The molecular formula is C11H11ClN2O2. The maximum Gasteiger partial charge on any atom is 0.173 e. The highest BCUT2D eigenvalue weighted by molar-refractivity contribution is 6.31. The maximum absolute atomic E-state index is 10.0. The molecule has 4 nitrogen and oxygen atoms in total. The Morgan fingerprint density at radius 2 is 2.06 bits per heavy atom. The van der Waals surface area contributed by atoms with Gasteiger partial charge in [-0.1, -0.05) is 16.8 Å². The van der Waals surface area contributed by atoms with Gasteiger partial charge in [0.2, 0.25) is 0 Å². The minimum absolute atomic E-state index is 0.0983. The van der Waals surface area contributed by atoms with E-state index in [9.17, 15) is 5.11 Å². The zero-order chi connectivity index (χ0) is 11.9. The number of nitrogen functional groups attached to an aromatic ring is 1. The predicted molar refractivity (Wildman–Crippen MR) is 62.5 cm³/mol. The highest BCUT2D eigenvalue weighted by atomic mass is 35.5. The van der Waals surface area contributed by atoms with Crippen molar-refractivity contribution < 1.29 is 9.63 Å². The Bertz CT molecular complexity index is 549. The number of phenols is 1. The van der Waals surface area contributed by atoms with Crippen LogP contribution in [0, 0.1) is 13.8 Å². The van der Waals surface area contributed by atoms with Gasteiger partial charge in [-0.3, -0.25) is 0 Å². The van der Waals surface area contributed by atoms with Gasteiger partial charge in [0.1, 0.15) is 5.75 Å². The number of halogens is 1. The molecule has 0 amide bonds. The summed E-state index contributed by atoms with van der Waals surface area (Å²) in [6, 6.07) is 3.33. The van der Waals surface area contributed by atoms with Gasteiger partial charge >= 0.3 is 0 Å². The second-order valence-corrected chi connectivity index (χ2v) is 4.05. The number of aromatic nitrogens is 1. The summed E-state index contributed by atoms with van der Waals surface area (Å²) < 4.78 is 5.03. The molecule has 0 fully saturated rings. The summed E-state index contributed by atoms with van der Waals surface area (Å²) in [4.78, 5) is 0. The third kappa shape index (κ3) is 1.61. The average Bonchev–Trinajstić information content (AvgIpc) is 2.61. The summed E-state index contributed by atoms with van der Waals surface area (Å²) in [5.41, 5.74) is 7.46. The summed E-state index contributed by atoms with van der Waals surface area (Å²) in [6.45, 7) is 3.57. The molecule has 0 aliphatic rings. The van der Waals surface area contributed by atoms with Crippen molar-refractivity contribution in [3.8, 4) is 17.1 Å². The van der Waals surface area contributed by atoms with Crippen LogP contribution in [0.5, 0.6) is 5.75 Å². The normalized spacial score (nSPS) is 10.7. The van der Waals surface area contributed by atoms with E-state index < -0.39 is 0 Å². The summed E-state index contributed by atoms with van der Waals surface area (Å²) in [6.07, 6.45) is 0. The Morgan fingerprint density at radius 1 is 1.38 bits per heavy atom. The smallest absolute Gasteiger partial charge is 0.173 e. The van der Waals surface area contributed by atoms with Crippen LogP contribution in [0.2, 0.25) is 5.02 Å². The van der Waals surface area contributed by atoms with Gasteiger partial charge in [-0.2, -0.15) is 0 Å². The second-order valence-electron chi connectivity index (χ2n) is 3.64. The Balaban J connectivity index is 2.70. The molecule has 5 heteroatoms. The molecule has 0 atom stereocenters. The van der Waals surface area contributed by atoms with Crippen LogP contribution in [0.4, 0.5) is 5.82 Å². The summed E-state index contributed by atoms with van der Waals surface area (Å²) in [5.74, 6) is 0.815. The van der Waals surface area contributed by atoms with E-state index in [0.29, 0.717) is 21.9 Å². The molecule has 0 saturated heterocycles. The fourth-order valence-electron chi connectivity index (χ4n) is 1.58. The lowest BCUT2D eigenvalue weighted by Crippen LogP contribution is -1.87. The lowest BCUT2D eigenvalue weighted by Gasteiger charge is -2.09. The largest absolute Gasteiger partial charge is 0.507 e. The summed E-state index contributed by atoms with van der Waals surface area (Å²) in [5, 5.41) is 14.1. The maximum atomic E-state index is 10.0. The number of rotatable bonds is 1. The molecule has 0 aliphatic carbocycles. The van der Waals surface area contributed by atoms with Crippen LogP contribution >= 0.6 is 11.6 Å². The molecule has 1 aromatic carbocycles. The highest BCUT2D eigenvalue weighted by Crippen LogP contribution is 2.39. The van der Waals surface area contributed by atoms with E-state index in [1.807, 2.05) is 6.92 Å². The molecule has 0 aliphatic heterocycles. The van der Waals surface area contributed by atoms with Crippen LogP contribution in [0.3, 0.4) is 0 Å². The van der Waals surface area contributed by atoms with Crippen molar-refractivity contribution in [2.75, 3.05) is 5.73 Å². The van der Waals surface area contributed by atoms with Crippen molar-refractivity contribution in [3.05, 3.63) is 28.3 Å². The third-order valence-electron chi connectivity index (χ3n) is 2.46. The molecule has 0 spiro atoms. The number of hydrogen-bond acceptors (Lipinski definition) is 4. The van der Waals surface area contributed by atoms with E-state index in [1.54, 1.807) is 19.1 Å². The number of anilines is 1. The lowest BCUT2D eigenvalue weighted by atomic mass is 10.0. The zero-order valence-corrected chi connectivity index (χ0v) is 9.67. The van der Waals surface area contributed by atoms with E-state index in [0.717, 1.165) is 5.56 Å². The molecule has 2 aromatic rings. The second kappa shape index (κ2) is 3.72.